The molecule has 0 spiro atoms. The van der Waals surface area contributed by atoms with Gasteiger partial charge in [0, 0.05) is 0 Å². The third kappa shape index (κ3) is 1.68. The highest BCUT2D eigenvalue weighted by Gasteiger charge is 2.15. The highest BCUT2D eigenvalue weighted by Crippen LogP contribution is 2.21. The number of aromatic amines is 1. The van der Waals surface area contributed by atoms with Gasteiger partial charge in [-0.2, -0.15) is 14.7 Å². The molecule has 0 atom stereocenters. The highest BCUT2D eigenvalue weighted by atomic mass is 16.2. The zero-order valence-corrected chi connectivity index (χ0v) is 11.3. The normalized spacial score (nSPS) is 11.3. The smallest absolute Gasteiger partial charge is 0.364 e. The van der Waals surface area contributed by atoms with Crippen molar-refractivity contribution in [2.24, 2.45) is 0 Å². The third-order valence-electron chi connectivity index (χ3n) is 3.24. The molecule has 0 unspecified atom stereocenters. The Balaban J connectivity index is 2.24. The fourth-order valence-electron chi connectivity index (χ4n) is 2.21. The Hall–Kier alpha value is -2.64. The summed E-state index contributed by atoms with van der Waals surface area (Å²) in [5.41, 5.74) is 8.59. The van der Waals surface area contributed by atoms with E-state index in [-0.39, 0.29) is 5.69 Å². The van der Waals surface area contributed by atoms with Gasteiger partial charge >= 0.3 is 5.69 Å². The molecule has 20 heavy (non-hydrogen) atoms. The lowest BCUT2D eigenvalue weighted by Crippen LogP contribution is -2.15. The molecule has 0 aliphatic rings. The number of nitrogen functional groups attached to an aromatic ring is 1. The van der Waals surface area contributed by atoms with Gasteiger partial charge in [-0.15, -0.1) is 5.10 Å². The maximum absolute atomic E-state index is 11.6. The molecule has 0 amide bonds. The maximum Gasteiger partial charge on any atom is 0.364 e. The van der Waals surface area contributed by atoms with Crippen molar-refractivity contribution in [2.75, 3.05) is 5.73 Å². The molecule has 0 aliphatic carbocycles. The Labute approximate surface area is 114 Å². The van der Waals surface area contributed by atoms with E-state index in [2.05, 4.69) is 20.4 Å². The zero-order valence-electron chi connectivity index (χ0n) is 11.3. The summed E-state index contributed by atoms with van der Waals surface area (Å²) in [6.45, 7) is 4.01. The van der Waals surface area contributed by atoms with E-state index < -0.39 is 0 Å². The zero-order chi connectivity index (χ0) is 14.3. The van der Waals surface area contributed by atoms with Crippen molar-refractivity contribution in [2.45, 2.75) is 26.7 Å². The van der Waals surface area contributed by atoms with E-state index in [1.54, 1.807) is 16.8 Å². The fraction of sp³-hybridized carbons (Fsp3) is 0.333. The average molecular weight is 273 g/mol. The second-order valence-corrected chi connectivity index (χ2v) is 4.42. The largest absolute Gasteiger partial charge is 0.396 e. The van der Waals surface area contributed by atoms with E-state index in [9.17, 15) is 4.79 Å². The van der Waals surface area contributed by atoms with Crippen molar-refractivity contribution in [3.63, 3.8) is 0 Å². The van der Waals surface area contributed by atoms with Gasteiger partial charge in [-0.05, 0) is 25.0 Å². The van der Waals surface area contributed by atoms with Crippen molar-refractivity contribution < 1.29 is 0 Å². The molecular weight excluding hydrogens is 258 g/mol. The Morgan fingerprint density at radius 2 is 2.05 bits per heavy atom. The molecule has 0 saturated heterocycles. The average Bonchev–Trinajstić information content (AvgIpc) is 2.99. The summed E-state index contributed by atoms with van der Waals surface area (Å²) in [5, 5.41) is 14.9. The van der Waals surface area contributed by atoms with Gasteiger partial charge in [0.05, 0.1) is 17.1 Å². The van der Waals surface area contributed by atoms with Crippen molar-refractivity contribution >= 4 is 11.3 Å². The van der Waals surface area contributed by atoms with Crippen molar-refractivity contribution in [1.82, 2.24) is 29.6 Å². The summed E-state index contributed by atoms with van der Waals surface area (Å²) in [5.74, 6) is 0.546. The van der Waals surface area contributed by atoms with Crippen LogP contribution in [0, 0.1) is 0 Å². The molecular formula is C12H15N7O. The van der Waals surface area contributed by atoms with Crippen LogP contribution in [0.1, 0.15) is 25.2 Å². The number of aromatic nitrogens is 6. The SMILES string of the molecule is CCc1nn(-c2ccc3n[nH]c(=O)n3n2)c(CC)c1N. The van der Waals surface area contributed by atoms with Crippen LogP contribution < -0.4 is 11.4 Å². The molecule has 104 valence electrons. The van der Waals surface area contributed by atoms with Gasteiger partial charge in [-0.3, -0.25) is 0 Å². The molecule has 0 aromatic carbocycles. The van der Waals surface area contributed by atoms with Crippen LogP contribution in [0.25, 0.3) is 11.5 Å². The van der Waals surface area contributed by atoms with Crippen LogP contribution in [0.15, 0.2) is 16.9 Å². The molecule has 0 aliphatic heterocycles. The topological polar surface area (TPSA) is 107 Å². The predicted octanol–water partition coefficient (Wildman–Crippen LogP) is 0.310. The predicted molar refractivity (Wildman–Crippen MR) is 73.9 cm³/mol. The molecule has 3 rings (SSSR count). The Bertz CT molecular complexity index is 826. The van der Waals surface area contributed by atoms with Gasteiger partial charge in [0.1, 0.15) is 0 Å². The van der Waals surface area contributed by atoms with Crippen molar-refractivity contribution in [1.29, 1.82) is 0 Å². The minimum atomic E-state index is -0.379. The molecule has 0 bridgehead atoms. The molecule has 0 fully saturated rings. The van der Waals surface area contributed by atoms with E-state index in [4.69, 9.17) is 5.73 Å². The number of hydrogen-bond acceptors (Lipinski definition) is 5. The second-order valence-electron chi connectivity index (χ2n) is 4.42. The number of fused-ring (bicyclic) bond motifs is 1. The Morgan fingerprint density at radius 1 is 1.25 bits per heavy atom. The monoisotopic (exact) mass is 273 g/mol. The highest BCUT2D eigenvalue weighted by molar-refractivity contribution is 5.51. The minimum absolute atomic E-state index is 0.379. The first-order valence-electron chi connectivity index (χ1n) is 6.46. The Morgan fingerprint density at radius 3 is 2.75 bits per heavy atom. The van der Waals surface area contributed by atoms with E-state index in [0.717, 1.165) is 24.2 Å². The van der Waals surface area contributed by atoms with Crippen LogP contribution in [0.5, 0.6) is 0 Å². The summed E-state index contributed by atoms with van der Waals surface area (Å²) >= 11 is 0. The molecule has 3 heterocycles. The summed E-state index contributed by atoms with van der Waals surface area (Å²) in [6.07, 6.45) is 1.48. The van der Waals surface area contributed by atoms with Crippen molar-refractivity contribution in [3.8, 4) is 5.82 Å². The lowest BCUT2D eigenvalue weighted by Gasteiger charge is -2.04. The van der Waals surface area contributed by atoms with E-state index in [0.29, 0.717) is 17.2 Å². The number of nitrogens with zero attached hydrogens (tertiary/aromatic N) is 5. The van der Waals surface area contributed by atoms with Gasteiger partial charge in [-0.25, -0.2) is 14.6 Å². The number of nitrogens with two attached hydrogens (primary N) is 1. The van der Waals surface area contributed by atoms with Crippen LogP contribution in [-0.4, -0.2) is 29.6 Å². The van der Waals surface area contributed by atoms with Gasteiger partial charge in [0.25, 0.3) is 0 Å². The van der Waals surface area contributed by atoms with Crippen LogP contribution in [0.2, 0.25) is 0 Å². The standard InChI is InChI=1S/C12H15N7O/c1-3-7-11(13)8(4-2)18(16-7)10-6-5-9-14-15-12(20)19(9)17-10/h5-6H,3-4,13H2,1-2H3,(H,15,20). The summed E-state index contributed by atoms with van der Waals surface area (Å²) < 4.78 is 2.89. The molecule has 0 radical (unpaired) electrons. The minimum Gasteiger partial charge on any atom is -0.396 e. The fourth-order valence-corrected chi connectivity index (χ4v) is 2.21. The van der Waals surface area contributed by atoms with Gasteiger partial charge in [-0.1, -0.05) is 13.8 Å². The lowest BCUT2D eigenvalue weighted by atomic mass is 10.2. The number of nitrogens with one attached hydrogen (secondary N) is 1. The Kier molecular flexibility index (Phi) is 2.78. The van der Waals surface area contributed by atoms with Crippen LogP contribution >= 0.6 is 0 Å². The third-order valence-corrected chi connectivity index (χ3v) is 3.24. The quantitative estimate of drug-likeness (QED) is 0.714. The molecule has 3 aromatic heterocycles. The number of rotatable bonds is 3. The molecule has 0 saturated carbocycles. The summed E-state index contributed by atoms with van der Waals surface area (Å²) in [6, 6.07) is 3.48. The first kappa shape index (κ1) is 12.4. The molecule has 3 N–H and O–H groups in total. The van der Waals surface area contributed by atoms with Crippen molar-refractivity contribution in [3.05, 3.63) is 34.0 Å². The summed E-state index contributed by atoms with van der Waals surface area (Å²) in [7, 11) is 0. The number of hydrogen-bond donors (Lipinski definition) is 2. The van der Waals surface area contributed by atoms with Gasteiger partial charge < -0.3 is 5.73 Å². The van der Waals surface area contributed by atoms with Gasteiger partial charge in [0.15, 0.2) is 11.5 Å². The van der Waals surface area contributed by atoms with E-state index >= 15 is 0 Å². The number of aryl methyl sites for hydroxylation is 1. The van der Waals surface area contributed by atoms with Crippen LogP contribution in [-0.2, 0) is 12.8 Å². The van der Waals surface area contributed by atoms with Crippen LogP contribution in [0.4, 0.5) is 5.69 Å². The second kappa shape index (κ2) is 4.48. The van der Waals surface area contributed by atoms with E-state index in [1.807, 2.05) is 13.8 Å². The molecule has 8 heteroatoms. The van der Waals surface area contributed by atoms with E-state index in [1.165, 1.54) is 4.52 Å². The number of anilines is 1. The first-order chi connectivity index (χ1) is 9.65. The van der Waals surface area contributed by atoms with Crippen LogP contribution in [0.3, 0.4) is 0 Å². The molecule has 3 aromatic rings. The lowest BCUT2D eigenvalue weighted by molar-refractivity contribution is 0.735. The molecule has 8 nitrogen and oxygen atoms in total. The maximum atomic E-state index is 11.6. The summed E-state index contributed by atoms with van der Waals surface area (Å²) in [4.78, 5) is 11.6. The number of H-pyrrole nitrogens is 1. The van der Waals surface area contributed by atoms with Gasteiger partial charge in [0.2, 0.25) is 0 Å². The first-order valence-corrected chi connectivity index (χ1v) is 6.46.